The molecule has 1 N–H and O–H groups in total. The zero-order chi connectivity index (χ0) is 18.0. The molecular formula is C20H27N3O2. The summed E-state index contributed by atoms with van der Waals surface area (Å²) in [6, 6.07) is 5.75. The average Bonchev–Trinajstić information content (AvgIpc) is 2.58. The van der Waals surface area contributed by atoms with Gasteiger partial charge in [-0.1, -0.05) is 11.6 Å². The fourth-order valence-corrected chi connectivity index (χ4v) is 3.76. The lowest BCUT2D eigenvalue weighted by atomic mass is 9.95. The van der Waals surface area contributed by atoms with E-state index in [1.165, 1.54) is 12.8 Å². The van der Waals surface area contributed by atoms with Gasteiger partial charge < -0.3 is 14.8 Å². The number of aryl methyl sites for hydroxylation is 2. The molecule has 2 aromatic rings. The molecule has 2 heterocycles. The molecule has 0 saturated carbocycles. The van der Waals surface area contributed by atoms with Crippen LogP contribution in [-0.4, -0.2) is 42.1 Å². The summed E-state index contributed by atoms with van der Waals surface area (Å²) in [5.74, 6) is 0.356. The SMILES string of the molecule is Cc1ccc2c(c1)c(=O)c(C(=O)NCC[C@@H]1CCCN(C)C1)cn2C. The zero-order valence-corrected chi connectivity index (χ0v) is 15.3. The van der Waals surface area contributed by atoms with Crippen LogP contribution in [0.3, 0.4) is 0 Å². The zero-order valence-electron chi connectivity index (χ0n) is 15.3. The summed E-state index contributed by atoms with van der Waals surface area (Å²) in [6.07, 6.45) is 5.05. The van der Waals surface area contributed by atoms with Crippen molar-refractivity contribution in [1.29, 1.82) is 0 Å². The summed E-state index contributed by atoms with van der Waals surface area (Å²) in [4.78, 5) is 27.6. The van der Waals surface area contributed by atoms with Crippen molar-refractivity contribution in [2.75, 3.05) is 26.7 Å². The van der Waals surface area contributed by atoms with E-state index < -0.39 is 0 Å². The van der Waals surface area contributed by atoms with Crippen LogP contribution in [0.15, 0.2) is 29.2 Å². The van der Waals surface area contributed by atoms with Crippen LogP contribution >= 0.6 is 0 Å². The van der Waals surface area contributed by atoms with Crippen molar-refractivity contribution in [2.45, 2.75) is 26.2 Å². The molecule has 1 aliphatic heterocycles. The number of amides is 1. The van der Waals surface area contributed by atoms with Gasteiger partial charge in [-0.2, -0.15) is 0 Å². The number of rotatable bonds is 4. The number of piperidine rings is 1. The molecule has 0 bridgehead atoms. The lowest BCUT2D eigenvalue weighted by Gasteiger charge is -2.29. The minimum Gasteiger partial charge on any atom is -0.352 e. The van der Waals surface area contributed by atoms with E-state index in [4.69, 9.17) is 0 Å². The van der Waals surface area contributed by atoms with Gasteiger partial charge in [-0.25, -0.2) is 0 Å². The number of hydrogen-bond acceptors (Lipinski definition) is 3. The topological polar surface area (TPSA) is 54.3 Å². The second kappa shape index (κ2) is 7.40. The summed E-state index contributed by atoms with van der Waals surface area (Å²) >= 11 is 0. The van der Waals surface area contributed by atoms with E-state index in [9.17, 15) is 9.59 Å². The average molecular weight is 341 g/mol. The molecule has 1 aromatic heterocycles. The molecule has 1 atom stereocenters. The van der Waals surface area contributed by atoms with Crippen molar-refractivity contribution in [3.05, 3.63) is 45.7 Å². The van der Waals surface area contributed by atoms with Crippen LogP contribution in [-0.2, 0) is 7.05 Å². The molecule has 25 heavy (non-hydrogen) atoms. The molecule has 0 unspecified atom stereocenters. The van der Waals surface area contributed by atoms with Crippen LogP contribution in [0.1, 0.15) is 35.2 Å². The number of carbonyl (C=O) groups excluding carboxylic acids is 1. The molecule has 1 aromatic carbocycles. The van der Waals surface area contributed by atoms with Gasteiger partial charge in [0.15, 0.2) is 0 Å². The highest BCUT2D eigenvalue weighted by molar-refractivity contribution is 5.97. The van der Waals surface area contributed by atoms with Crippen LogP contribution in [0.25, 0.3) is 10.9 Å². The molecule has 5 nitrogen and oxygen atoms in total. The maximum Gasteiger partial charge on any atom is 0.256 e. The number of fused-ring (bicyclic) bond motifs is 1. The highest BCUT2D eigenvalue weighted by atomic mass is 16.2. The predicted octanol–water partition coefficient (Wildman–Crippen LogP) is 2.31. The minimum absolute atomic E-state index is 0.188. The lowest BCUT2D eigenvalue weighted by Crippen LogP contribution is -2.35. The van der Waals surface area contributed by atoms with Gasteiger partial charge in [0.1, 0.15) is 5.56 Å². The number of likely N-dealkylation sites (tertiary alicyclic amines) is 1. The van der Waals surface area contributed by atoms with Gasteiger partial charge in [-0.05, 0) is 57.8 Å². The predicted molar refractivity (Wildman–Crippen MR) is 101 cm³/mol. The maximum absolute atomic E-state index is 12.7. The van der Waals surface area contributed by atoms with Gasteiger partial charge in [0.05, 0.1) is 5.52 Å². The molecule has 1 amide bonds. The molecule has 3 rings (SSSR count). The van der Waals surface area contributed by atoms with Crippen LogP contribution in [0.4, 0.5) is 0 Å². The van der Waals surface area contributed by atoms with Gasteiger partial charge in [0.2, 0.25) is 5.43 Å². The first-order valence-corrected chi connectivity index (χ1v) is 9.02. The van der Waals surface area contributed by atoms with Crippen LogP contribution in [0, 0.1) is 12.8 Å². The molecule has 134 valence electrons. The highest BCUT2D eigenvalue weighted by Gasteiger charge is 2.18. The Morgan fingerprint density at radius 3 is 2.88 bits per heavy atom. The Bertz CT molecular complexity index is 841. The van der Waals surface area contributed by atoms with E-state index in [-0.39, 0.29) is 16.9 Å². The van der Waals surface area contributed by atoms with Crippen molar-refractivity contribution < 1.29 is 4.79 Å². The fraction of sp³-hybridized carbons (Fsp3) is 0.500. The maximum atomic E-state index is 12.7. The number of hydrogen-bond donors (Lipinski definition) is 1. The van der Waals surface area contributed by atoms with Gasteiger partial charge >= 0.3 is 0 Å². The van der Waals surface area contributed by atoms with Crippen molar-refractivity contribution in [1.82, 2.24) is 14.8 Å². The molecule has 1 saturated heterocycles. The summed E-state index contributed by atoms with van der Waals surface area (Å²) in [5.41, 5.74) is 1.90. The monoisotopic (exact) mass is 341 g/mol. The van der Waals surface area contributed by atoms with Crippen molar-refractivity contribution in [3.63, 3.8) is 0 Å². The number of benzene rings is 1. The number of nitrogens with zero attached hydrogens (tertiary/aromatic N) is 2. The molecule has 1 aliphatic rings. The molecular weight excluding hydrogens is 314 g/mol. The quantitative estimate of drug-likeness (QED) is 0.928. The molecule has 5 heteroatoms. The first-order valence-electron chi connectivity index (χ1n) is 9.02. The van der Waals surface area contributed by atoms with Crippen LogP contribution in [0.2, 0.25) is 0 Å². The second-order valence-corrected chi connectivity index (χ2v) is 7.32. The number of pyridine rings is 1. The molecule has 0 spiro atoms. The first kappa shape index (κ1) is 17.7. The van der Waals surface area contributed by atoms with Gasteiger partial charge in [-0.15, -0.1) is 0 Å². The Hall–Kier alpha value is -2.14. The van der Waals surface area contributed by atoms with Crippen LogP contribution < -0.4 is 10.7 Å². The van der Waals surface area contributed by atoms with E-state index in [1.54, 1.807) is 6.20 Å². The Morgan fingerprint density at radius 1 is 1.32 bits per heavy atom. The van der Waals surface area contributed by atoms with Gasteiger partial charge in [-0.3, -0.25) is 9.59 Å². The Kier molecular flexibility index (Phi) is 5.23. The van der Waals surface area contributed by atoms with E-state index >= 15 is 0 Å². The normalized spacial score (nSPS) is 18.4. The van der Waals surface area contributed by atoms with Crippen LogP contribution in [0.5, 0.6) is 0 Å². The Morgan fingerprint density at radius 2 is 2.12 bits per heavy atom. The third kappa shape index (κ3) is 3.93. The summed E-state index contributed by atoms with van der Waals surface area (Å²) in [7, 11) is 4.01. The smallest absolute Gasteiger partial charge is 0.256 e. The fourth-order valence-electron chi connectivity index (χ4n) is 3.76. The number of aromatic nitrogens is 1. The number of carbonyl (C=O) groups is 1. The molecule has 1 fully saturated rings. The van der Waals surface area contributed by atoms with E-state index in [0.29, 0.717) is 17.8 Å². The summed E-state index contributed by atoms with van der Waals surface area (Å²) in [6.45, 7) is 4.82. The third-order valence-electron chi connectivity index (χ3n) is 5.15. The lowest BCUT2D eigenvalue weighted by molar-refractivity contribution is 0.0946. The first-order chi connectivity index (χ1) is 12.0. The molecule has 0 radical (unpaired) electrons. The van der Waals surface area contributed by atoms with Crippen molar-refractivity contribution >= 4 is 16.8 Å². The Labute approximate surface area is 148 Å². The summed E-state index contributed by atoms with van der Waals surface area (Å²) < 4.78 is 1.85. The van der Waals surface area contributed by atoms with E-state index in [2.05, 4.69) is 17.3 Å². The minimum atomic E-state index is -0.270. The highest BCUT2D eigenvalue weighted by Crippen LogP contribution is 2.18. The third-order valence-corrected chi connectivity index (χ3v) is 5.15. The van der Waals surface area contributed by atoms with Gasteiger partial charge in [0.25, 0.3) is 5.91 Å². The van der Waals surface area contributed by atoms with E-state index in [0.717, 1.165) is 30.6 Å². The summed E-state index contributed by atoms with van der Waals surface area (Å²) in [5, 5.41) is 3.54. The van der Waals surface area contributed by atoms with Crippen molar-refractivity contribution in [3.8, 4) is 0 Å². The van der Waals surface area contributed by atoms with Gasteiger partial charge in [0, 0.05) is 31.7 Å². The number of nitrogens with one attached hydrogen (secondary N) is 1. The second-order valence-electron chi connectivity index (χ2n) is 7.32. The largest absolute Gasteiger partial charge is 0.352 e. The standard InChI is InChI=1S/C20H27N3O2/c1-14-6-7-18-16(11-14)19(24)17(13-23(18)3)20(25)21-9-8-15-5-4-10-22(2)12-15/h6-7,11,13,15H,4-5,8-10,12H2,1-3H3,(H,21,25)/t15-/m0/s1. The van der Waals surface area contributed by atoms with Crippen molar-refractivity contribution in [2.24, 2.45) is 13.0 Å². The molecule has 0 aliphatic carbocycles. The van der Waals surface area contributed by atoms with E-state index in [1.807, 2.05) is 36.7 Å². The Balaban J connectivity index is 1.72.